The van der Waals surface area contributed by atoms with Crippen LogP contribution in [0.5, 0.6) is 5.75 Å². The summed E-state index contributed by atoms with van der Waals surface area (Å²) in [6.07, 6.45) is 3.13. The summed E-state index contributed by atoms with van der Waals surface area (Å²) in [7, 11) is 0. The van der Waals surface area contributed by atoms with Crippen LogP contribution in [-0.4, -0.2) is 21.4 Å². The molecule has 0 aliphatic rings. The maximum absolute atomic E-state index is 8.51. The van der Waals surface area contributed by atoms with E-state index in [9.17, 15) is 0 Å². The molecule has 0 saturated carbocycles. The average molecular weight is 230 g/mol. The van der Waals surface area contributed by atoms with Crippen molar-refractivity contribution in [3.63, 3.8) is 0 Å². The summed E-state index contributed by atoms with van der Waals surface area (Å²) in [6, 6.07) is 5.31. The fraction of sp³-hybridized carbons (Fsp3) is 0.200. The zero-order valence-corrected chi connectivity index (χ0v) is 9.19. The number of ether oxygens (including phenoxy) is 1. The number of hydrogen-bond donors (Lipinski definition) is 0. The first-order valence-corrected chi connectivity index (χ1v) is 5.02. The minimum Gasteiger partial charge on any atom is -0.493 e. The van der Waals surface area contributed by atoms with E-state index in [1.807, 2.05) is 13.0 Å². The van der Waals surface area contributed by atoms with Gasteiger partial charge in [-0.15, -0.1) is 10.2 Å². The van der Waals surface area contributed by atoms with Crippen molar-refractivity contribution in [2.45, 2.75) is 6.92 Å². The van der Waals surface area contributed by atoms with Gasteiger partial charge in [-0.2, -0.15) is 0 Å². The van der Waals surface area contributed by atoms with Gasteiger partial charge in [-0.1, -0.05) is 5.11 Å². The van der Waals surface area contributed by atoms with Gasteiger partial charge in [0.15, 0.2) is 0 Å². The largest absolute Gasteiger partial charge is 0.493 e. The minimum absolute atomic E-state index is 0.445. The van der Waals surface area contributed by atoms with Crippen LogP contribution in [0.2, 0.25) is 0 Å². The molecule has 1 heterocycles. The third-order valence-electron chi connectivity index (χ3n) is 2.11. The molecule has 86 valence electrons. The summed E-state index contributed by atoms with van der Waals surface area (Å²) in [5.41, 5.74) is 9.76. The molecule has 0 fully saturated rings. The first-order valence-electron chi connectivity index (χ1n) is 5.02. The second kappa shape index (κ2) is 5.00. The number of benzene rings is 1. The molecule has 0 atom stereocenters. The molecule has 1 aromatic carbocycles. The van der Waals surface area contributed by atoms with E-state index in [1.165, 1.54) is 0 Å². The highest BCUT2D eigenvalue weighted by Gasteiger charge is 2.04. The van der Waals surface area contributed by atoms with Gasteiger partial charge >= 0.3 is 0 Å². The first kappa shape index (κ1) is 11.0. The summed E-state index contributed by atoms with van der Waals surface area (Å²) in [4.78, 5) is 2.78. The lowest BCUT2D eigenvalue weighted by molar-refractivity contribution is 0.341. The number of azide groups is 1. The number of rotatable bonds is 4. The number of nitrogens with zero attached hydrogens (tertiary/aromatic N) is 6. The van der Waals surface area contributed by atoms with Gasteiger partial charge in [0.2, 0.25) is 0 Å². The average Bonchev–Trinajstić information content (AvgIpc) is 2.85. The zero-order valence-electron chi connectivity index (χ0n) is 9.19. The molecule has 0 saturated heterocycles. The molecule has 0 unspecified atom stereocenters. The fourth-order valence-electron chi connectivity index (χ4n) is 1.40. The standard InChI is InChI=1S/C10H10N6O/c1-2-17-10-4-3-8(5-9(10)14-15-11)16-6-12-13-7-16/h3-7H,2H2,1H3. The highest BCUT2D eigenvalue weighted by atomic mass is 16.5. The quantitative estimate of drug-likeness (QED) is 0.459. The van der Waals surface area contributed by atoms with E-state index in [2.05, 4.69) is 20.2 Å². The molecule has 0 radical (unpaired) electrons. The molecule has 0 N–H and O–H groups in total. The van der Waals surface area contributed by atoms with Crippen LogP contribution >= 0.6 is 0 Å². The van der Waals surface area contributed by atoms with Crippen molar-refractivity contribution >= 4 is 5.69 Å². The molecule has 0 spiro atoms. The van der Waals surface area contributed by atoms with E-state index in [1.54, 1.807) is 29.4 Å². The molecule has 2 rings (SSSR count). The Bertz CT molecular complexity index is 544. The normalized spacial score (nSPS) is 9.71. The topological polar surface area (TPSA) is 88.7 Å². The maximum Gasteiger partial charge on any atom is 0.128 e. The highest BCUT2D eigenvalue weighted by molar-refractivity contribution is 5.57. The second-order valence-electron chi connectivity index (χ2n) is 3.14. The molecular weight excluding hydrogens is 220 g/mol. The lowest BCUT2D eigenvalue weighted by Crippen LogP contribution is -1.94. The van der Waals surface area contributed by atoms with Crippen LogP contribution in [0.15, 0.2) is 36.0 Å². The summed E-state index contributed by atoms with van der Waals surface area (Å²) >= 11 is 0. The van der Waals surface area contributed by atoms with Gasteiger partial charge in [0.05, 0.1) is 12.3 Å². The Morgan fingerprint density at radius 2 is 2.18 bits per heavy atom. The molecule has 0 amide bonds. The van der Waals surface area contributed by atoms with Gasteiger partial charge in [-0.05, 0) is 30.7 Å². The van der Waals surface area contributed by atoms with E-state index in [0.29, 0.717) is 18.0 Å². The highest BCUT2D eigenvalue weighted by Crippen LogP contribution is 2.30. The van der Waals surface area contributed by atoms with Gasteiger partial charge < -0.3 is 4.74 Å². The summed E-state index contributed by atoms with van der Waals surface area (Å²) in [5, 5.41) is 11.0. The molecule has 1 aromatic heterocycles. The van der Waals surface area contributed by atoms with Crippen molar-refractivity contribution in [3.05, 3.63) is 41.3 Å². The SMILES string of the molecule is CCOc1ccc(-n2cnnc2)cc1N=[N+]=[N-]. The van der Waals surface area contributed by atoms with Crippen LogP contribution in [0.4, 0.5) is 5.69 Å². The van der Waals surface area contributed by atoms with Gasteiger partial charge in [-0.25, -0.2) is 0 Å². The molecule has 17 heavy (non-hydrogen) atoms. The van der Waals surface area contributed by atoms with Crippen LogP contribution in [0, 0.1) is 0 Å². The molecular formula is C10H10N6O. The van der Waals surface area contributed by atoms with Gasteiger partial charge in [0.1, 0.15) is 18.4 Å². The van der Waals surface area contributed by atoms with Crippen molar-refractivity contribution in [1.82, 2.24) is 14.8 Å². The lowest BCUT2D eigenvalue weighted by atomic mass is 10.2. The Balaban J connectivity index is 2.45. The summed E-state index contributed by atoms with van der Waals surface area (Å²) < 4.78 is 7.07. The van der Waals surface area contributed by atoms with E-state index in [4.69, 9.17) is 10.3 Å². The Labute approximate surface area is 97.3 Å². The predicted octanol–water partition coefficient (Wildman–Crippen LogP) is 2.61. The van der Waals surface area contributed by atoms with E-state index < -0.39 is 0 Å². The fourth-order valence-corrected chi connectivity index (χ4v) is 1.40. The van der Waals surface area contributed by atoms with E-state index in [0.717, 1.165) is 5.69 Å². The van der Waals surface area contributed by atoms with Crippen LogP contribution < -0.4 is 4.74 Å². The minimum atomic E-state index is 0.445. The van der Waals surface area contributed by atoms with Crippen molar-refractivity contribution < 1.29 is 4.74 Å². The second-order valence-corrected chi connectivity index (χ2v) is 3.14. The Kier molecular flexibility index (Phi) is 3.23. The third-order valence-corrected chi connectivity index (χ3v) is 2.11. The van der Waals surface area contributed by atoms with Gasteiger partial charge in [0, 0.05) is 10.6 Å². The molecule has 7 heteroatoms. The van der Waals surface area contributed by atoms with Crippen LogP contribution in [0.25, 0.3) is 16.1 Å². The third kappa shape index (κ3) is 2.35. The Morgan fingerprint density at radius 3 is 2.82 bits per heavy atom. The maximum atomic E-state index is 8.51. The molecule has 0 bridgehead atoms. The molecule has 0 aliphatic heterocycles. The van der Waals surface area contributed by atoms with E-state index >= 15 is 0 Å². The van der Waals surface area contributed by atoms with Crippen molar-refractivity contribution in [3.8, 4) is 11.4 Å². The van der Waals surface area contributed by atoms with Crippen LogP contribution in [-0.2, 0) is 0 Å². The molecule has 0 aliphatic carbocycles. The number of hydrogen-bond acceptors (Lipinski definition) is 4. The smallest absolute Gasteiger partial charge is 0.128 e. The zero-order chi connectivity index (χ0) is 12.1. The van der Waals surface area contributed by atoms with Gasteiger partial charge in [0.25, 0.3) is 0 Å². The van der Waals surface area contributed by atoms with Crippen molar-refractivity contribution in [2.75, 3.05) is 6.61 Å². The van der Waals surface area contributed by atoms with Gasteiger partial charge in [-0.3, -0.25) is 4.57 Å². The molecule has 7 nitrogen and oxygen atoms in total. The Morgan fingerprint density at radius 1 is 1.41 bits per heavy atom. The summed E-state index contributed by atoms with van der Waals surface area (Å²) in [5.74, 6) is 0.558. The Hall–Kier alpha value is -2.53. The molecule has 2 aromatic rings. The first-order chi connectivity index (χ1) is 8.35. The van der Waals surface area contributed by atoms with Crippen molar-refractivity contribution in [2.24, 2.45) is 5.11 Å². The van der Waals surface area contributed by atoms with Crippen LogP contribution in [0.3, 0.4) is 0 Å². The van der Waals surface area contributed by atoms with Crippen LogP contribution in [0.1, 0.15) is 6.92 Å². The predicted molar refractivity (Wildman–Crippen MR) is 61.3 cm³/mol. The van der Waals surface area contributed by atoms with E-state index in [-0.39, 0.29) is 0 Å². The summed E-state index contributed by atoms with van der Waals surface area (Å²) in [6.45, 7) is 2.38. The monoisotopic (exact) mass is 230 g/mol. The number of aromatic nitrogens is 3. The van der Waals surface area contributed by atoms with Crippen molar-refractivity contribution in [1.29, 1.82) is 0 Å². The lowest BCUT2D eigenvalue weighted by Gasteiger charge is -2.08.